The zero-order chi connectivity index (χ0) is 62.4. The van der Waals surface area contributed by atoms with Crippen LogP contribution in [0.5, 0.6) is 0 Å². The highest BCUT2D eigenvalue weighted by molar-refractivity contribution is 6.02. The first kappa shape index (κ1) is 58.2. The molecular formula is C81H58N12. The van der Waals surface area contributed by atoms with Crippen molar-refractivity contribution in [1.29, 1.82) is 0 Å². The van der Waals surface area contributed by atoms with Crippen LogP contribution in [-0.4, -0.2) is 59.8 Å². The summed E-state index contributed by atoms with van der Waals surface area (Å²) in [5.41, 5.74) is 18.9. The van der Waals surface area contributed by atoms with Gasteiger partial charge in [0, 0.05) is 101 Å². The summed E-state index contributed by atoms with van der Waals surface area (Å²) in [6.45, 7) is 0. The van der Waals surface area contributed by atoms with Crippen LogP contribution < -0.4 is 0 Å². The second-order valence-electron chi connectivity index (χ2n) is 22.0. The molecule has 0 radical (unpaired) electrons. The predicted octanol–water partition coefficient (Wildman–Crippen LogP) is 18.1. The maximum absolute atomic E-state index is 4.69. The van der Waals surface area contributed by atoms with E-state index >= 15 is 0 Å². The molecule has 442 valence electrons. The van der Waals surface area contributed by atoms with Crippen LogP contribution in [0.2, 0.25) is 0 Å². The molecule has 0 aliphatic heterocycles. The molecule has 0 atom stereocenters. The Balaban J connectivity index is 0.0000000977. The Kier molecular flexibility index (Phi) is 17.4. The number of fused-ring (bicyclic) bond motifs is 13. The minimum atomic E-state index is 0.912. The fraction of sp³-hybridized carbons (Fsp3) is 0.0370. The summed E-state index contributed by atoms with van der Waals surface area (Å²) in [6, 6.07) is 85.3. The third-order valence-electron chi connectivity index (χ3n) is 16.0. The van der Waals surface area contributed by atoms with Crippen molar-refractivity contribution in [2.75, 3.05) is 0 Å². The van der Waals surface area contributed by atoms with Crippen molar-refractivity contribution >= 4 is 65.2 Å². The van der Waals surface area contributed by atoms with Crippen molar-refractivity contribution in [3.8, 4) is 56.9 Å². The average molecular weight is 1200 g/mol. The van der Waals surface area contributed by atoms with Gasteiger partial charge in [-0.3, -0.25) is 49.8 Å². The molecule has 12 heteroatoms. The number of benzene rings is 5. The van der Waals surface area contributed by atoms with Gasteiger partial charge < -0.3 is 0 Å². The highest BCUT2D eigenvalue weighted by Gasteiger charge is 2.20. The van der Waals surface area contributed by atoms with E-state index in [1.165, 1.54) is 33.0 Å². The van der Waals surface area contributed by atoms with E-state index in [0.717, 1.165) is 131 Å². The summed E-state index contributed by atoms with van der Waals surface area (Å²) < 4.78 is 0. The van der Waals surface area contributed by atoms with E-state index in [4.69, 9.17) is 0 Å². The SMILES string of the molecule is c1ccc(-c2ccccn2)nc1.c1ccc2cc(-c3cc4ccccc4cn3)ncc2c1.c1ccc2nc(-c3ccc4ccccc4n3)ccc2c1.c1cnc2c(c1)CCc1cccnc1-2.c1cnc2c(c1)Cc1cccnc1-2.c1cnc2c(c1)ccc1cccnc12. The summed E-state index contributed by atoms with van der Waals surface area (Å²) in [4.78, 5) is 53.0. The summed E-state index contributed by atoms with van der Waals surface area (Å²) in [5, 5.41) is 9.25. The Hall–Kier alpha value is -12.5. The van der Waals surface area contributed by atoms with Gasteiger partial charge in [-0.15, -0.1) is 0 Å². The quantitative estimate of drug-likeness (QED) is 0.155. The van der Waals surface area contributed by atoms with Crippen molar-refractivity contribution in [3.05, 3.63) is 339 Å². The lowest BCUT2D eigenvalue weighted by Gasteiger charge is -2.16. The third kappa shape index (κ3) is 13.6. The standard InChI is InChI=1S/2C18H12N2.C12H10N2.C12H8N2.C11H8N2.C10H8N2/c1-3-7-15-11-19-17(9-13(15)5-1)18-10-14-6-2-4-8-16(14)12-20-18;1-3-7-15-13(5-1)9-11-17(19-15)18-12-10-14-6-2-4-8-16(14)20-18;2*1-3-9-5-6-10-4-2-8-14-12(10)11(9)13-7-1;1-3-8-7-9-4-2-6-13-11(9)10(8)12-5-1;1-3-7-11-9(5-1)10-6-2-4-8-12-10/h2*1-12H;1-4,7-8H,5-6H2;1-8H;1-6H,7H2;1-8H. The molecule has 0 saturated carbocycles. The molecular weight excluding hydrogens is 1140 g/mol. The molecule has 93 heavy (non-hydrogen) atoms. The number of hydrogen-bond donors (Lipinski definition) is 0. The van der Waals surface area contributed by atoms with Crippen LogP contribution in [0.25, 0.3) is 122 Å². The van der Waals surface area contributed by atoms with Gasteiger partial charge in [-0.05, 0) is 143 Å². The number of rotatable bonds is 3. The number of hydrogen-bond acceptors (Lipinski definition) is 12. The van der Waals surface area contributed by atoms with E-state index in [2.05, 4.69) is 169 Å². The first-order valence-electron chi connectivity index (χ1n) is 30.7. The molecule has 19 rings (SSSR count). The van der Waals surface area contributed by atoms with Crippen LogP contribution in [0, 0.1) is 0 Å². The lowest BCUT2D eigenvalue weighted by Crippen LogP contribution is -2.06. The van der Waals surface area contributed by atoms with Crippen LogP contribution in [-0.2, 0) is 19.3 Å². The van der Waals surface area contributed by atoms with E-state index in [0.29, 0.717) is 0 Å². The predicted molar refractivity (Wildman–Crippen MR) is 375 cm³/mol. The van der Waals surface area contributed by atoms with Crippen LogP contribution >= 0.6 is 0 Å². The Labute approximate surface area is 537 Å². The number of aromatic nitrogens is 12. The van der Waals surface area contributed by atoms with Gasteiger partial charge in [0.25, 0.3) is 0 Å². The van der Waals surface area contributed by atoms with Crippen LogP contribution in [0.4, 0.5) is 0 Å². The van der Waals surface area contributed by atoms with Crippen molar-refractivity contribution in [1.82, 2.24) is 59.8 Å². The van der Waals surface area contributed by atoms with Crippen LogP contribution in [0.15, 0.2) is 317 Å². The molecule has 12 aromatic heterocycles. The Morgan fingerprint density at radius 3 is 0.968 bits per heavy atom. The summed E-state index contributed by atoms with van der Waals surface area (Å²) in [5.74, 6) is 0. The van der Waals surface area contributed by atoms with Gasteiger partial charge in [0.05, 0.1) is 79.0 Å². The Morgan fingerprint density at radius 1 is 0.204 bits per heavy atom. The molecule has 0 amide bonds. The lowest BCUT2D eigenvalue weighted by molar-refractivity contribution is 0.912. The molecule has 2 aliphatic carbocycles. The summed E-state index contributed by atoms with van der Waals surface area (Å²) in [6.07, 6.45) is 21.4. The monoisotopic (exact) mass is 1200 g/mol. The second kappa shape index (κ2) is 27.9. The Morgan fingerprint density at radius 2 is 0.538 bits per heavy atom. The van der Waals surface area contributed by atoms with E-state index in [1.54, 1.807) is 24.8 Å². The van der Waals surface area contributed by atoms with Crippen LogP contribution in [0.1, 0.15) is 22.3 Å². The highest BCUT2D eigenvalue weighted by Crippen LogP contribution is 2.33. The molecule has 0 fully saturated rings. The van der Waals surface area contributed by atoms with E-state index in [-0.39, 0.29) is 0 Å². The minimum Gasteiger partial charge on any atom is -0.255 e. The van der Waals surface area contributed by atoms with Gasteiger partial charge in [0.15, 0.2) is 0 Å². The van der Waals surface area contributed by atoms with Gasteiger partial charge in [-0.25, -0.2) is 9.97 Å². The van der Waals surface area contributed by atoms with Gasteiger partial charge in [0.2, 0.25) is 0 Å². The zero-order valence-corrected chi connectivity index (χ0v) is 50.5. The summed E-state index contributed by atoms with van der Waals surface area (Å²) in [7, 11) is 0. The maximum Gasteiger partial charge on any atom is 0.0964 e. The van der Waals surface area contributed by atoms with Crippen molar-refractivity contribution in [3.63, 3.8) is 0 Å². The lowest BCUT2D eigenvalue weighted by atomic mass is 9.93. The molecule has 0 unspecified atom stereocenters. The molecule has 5 aromatic carbocycles. The maximum atomic E-state index is 4.69. The van der Waals surface area contributed by atoms with E-state index in [9.17, 15) is 0 Å². The highest BCUT2D eigenvalue weighted by atomic mass is 14.8. The van der Waals surface area contributed by atoms with Crippen LogP contribution in [0.3, 0.4) is 0 Å². The first-order valence-corrected chi connectivity index (χ1v) is 30.7. The first-order chi connectivity index (χ1) is 46.1. The van der Waals surface area contributed by atoms with Gasteiger partial charge >= 0.3 is 0 Å². The van der Waals surface area contributed by atoms with E-state index in [1.807, 2.05) is 183 Å². The van der Waals surface area contributed by atoms with Gasteiger partial charge in [0.1, 0.15) is 0 Å². The second-order valence-corrected chi connectivity index (χ2v) is 22.0. The topological polar surface area (TPSA) is 155 Å². The fourth-order valence-corrected chi connectivity index (χ4v) is 11.3. The third-order valence-corrected chi connectivity index (χ3v) is 16.0. The Bertz CT molecular complexity index is 4930. The van der Waals surface area contributed by atoms with Crippen molar-refractivity contribution in [2.24, 2.45) is 0 Å². The molecule has 17 aromatic rings. The smallest absolute Gasteiger partial charge is 0.0964 e. The number of nitrogens with zero attached hydrogens (tertiary/aromatic N) is 12. The fourth-order valence-electron chi connectivity index (χ4n) is 11.3. The zero-order valence-electron chi connectivity index (χ0n) is 50.5. The molecule has 12 nitrogen and oxygen atoms in total. The summed E-state index contributed by atoms with van der Waals surface area (Å²) >= 11 is 0. The number of aryl methyl sites for hydroxylation is 2. The molecule has 2 aliphatic rings. The largest absolute Gasteiger partial charge is 0.255 e. The minimum absolute atomic E-state index is 0.912. The molecule has 0 bridgehead atoms. The number of pyridine rings is 12. The molecule has 0 spiro atoms. The van der Waals surface area contributed by atoms with Gasteiger partial charge in [-0.1, -0.05) is 158 Å². The van der Waals surface area contributed by atoms with Crippen molar-refractivity contribution < 1.29 is 0 Å². The number of para-hydroxylation sites is 2. The van der Waals surface area contributed by atoms with Crippen molar-refractivity contribution in [2.45, 2.75) is 19.3 Å². The molecule has 0 saturated heterocycles. The average Bonchev–Trinajstić information content (AvgIpc) is 2.22. The van der Waals surface area contributed by atoms with Gasteiger partial charge in [-0.2, -0.15) is 0 Å². The molecule has 0 N–H and O–H groups in total. The molecule has 12 heterocycles. The van der Waals surface area contributed by atoms with E-state index < -0.39 is 0 Å². The normalized spacial score (nSPS) is 11.3.